The zero-order valence-electron chi connectivity index (χ0n) is 8.81. The van der Waals surface area contributed by atoms with Crippen molar-refractivity contribution in [3.8, 4) is 0 Å². The van der Waals surface area contributed by atoms with Crippen LogP contribution in [0.5, 0.6) is 0 Å². The summed E-state index contributed by atoms with van der Waals surface area (Å²) in [5.41, 5.74) is 5.05. The van der Waals surface area contributed by atoms with Crippen molar-refractivity contribution >= 4 is 17.7 Å². The van der Waals surface area contributed by atoms with Gasteiger partial charge in [0, 0.05) is 6.20 Å². The molecule has 1 aliphatic rings. The molecule has 0 aromatic carbocycles. The van der Waals surface area contributed by atoms with Gasteiger partial charge < -0.3 is 15.8 Å². The minimum atomic E-state index is -0.884. The van der Waals surface area contributed by atoms with Crippen molar-refractivity contribution in [3.05, 3.63) is 28.6 Å². The fourth-order valence-corrected chi connectivity index (χ4v) is 1.38. The third-order valence-electron chi connectivity index (χ3n) is 2.23. The highest BCUT2D eigenvalue weighted by atomic mass is 16.7. The molecule has 1 atom stereocenters. The predicted molar refractivity (Wildman–Crippen MR) is 55.5 cm³/mol. The molecule has 0 bridgehead atoms. The lowest BCUT2D eigenvalue weighted by atomic mass is 10.3. The van der Waals surface area contributed by atoms with Gasteiger partial charge in [-0.05, 0) is 11.0 Å². The second-order valence-electron chi connectivity index (χ2n) is 3.33. The molecule has 1 aliphatic heterocycles. The number of hydrogen-bond donors (Lipinski definition) is 1. The summed E-state index contributed by atoms with van der Waals surface area (Å²) in [7, 11) is 1.47. The van der Waals surface area contributed by atoms with E-state index in [1.54, 1.807) is 0 Å². The molecule has 2 heterocycles. The first-order valence-electron chi connectivity index (χ1n) is 4.60. The Morgan fingerprint density at radius 2 is 2.41 bits per heavy atom. The Morgan fingerprint density at radius 1 is 1.71 bits per heavy atom. The Hall–Kier alpha value is -2.42. The second kappa shape index (κ2) is 3.87. The van der Waals surface area contributed by atoms with Crippen molar-refractivity contribution in [2.45, 2.75) is 6.10 Å². The predicted octanol–water partition coefficient (Wildman–Crippen LogP) is -0.553. The summed E-state index contributed by atoms with van der Waals surface area (Å²) in [5.74, 6) is -0.635. The largest absolute Gasteiger partial charge is 0.367 e. The summed E-state index contributed by atoms with van der Waals surface area (Å²) in [6.45, 7) is 0. The Morgan fingerprint density at radius 3 is 2.88 bits per heavy atom. The molecule has 2 N–H and O–H groups in total. The monoisotopic (exact) mass is 239 g/mol. The highest BCUT2D eigenvalue weighted by Gasteiger charge is 2.29. The Kier molecular flexibility index (Phi) is 2.52. The number of primary amides is 1. The van der Waals surface area contributed by atoms with Gasteiger partial charge >= 0.3 is 11.8 Å². The van der Waals surface area contributed by atoms with Gasteiger partial charge in [0.2, 0.25) is 0 Å². The molecule has 0 saturated heterocycles. The van der Waals surface area contributed by atoms with Gasteiger partial charge in [-0.3, -0.25) is 4.79 Å². The summed E-state index contributed by atoms with van der Waals surface area (Å²) in [4.78, 5) is 29.9. The van der Waals surface area contributed by atoms with Crippen LogP contribution >= 0.6 is 0 Å². The number of nitrogens with zero attached hydrogens (tertiary/aromatic N) is 4. The number of rotatable bonds is 3. The van der Waals surface area contributed by atoms with Crippen molar-refractivity contribution < 1.29 is 14.6 Å². The van der Waals surface area contributed by atoms with Crippen molar-refractivity contribution in [2.75, 3.05) is 5.06 Å². The summed E-state index contributed by atoms with van der Waals surface area (Å²) in [6, 6.07) is 0. The van der Waals surface area contributed by atoms with E-state index in [2.05, 4.69) is 4.98 Å². The fourth-order valence-electron chi connectivity index (χ4n) is 1.38. The molecule has 17 heavy (non-hydrogen) atoms. The molecule has 0 fully saturated rings. The third kappa shape index (κ3) is 1.83. The van der Waals surface area contributed by atoms with E-state index in [9.17, 15) is 14.9 Å². The molecule has 0 saturated carbocycles. The van der Waals surface area contributed by atoms with Crippen LogP contribution in [0.2, 0.25) is 0 Å². The first kappa shape index (κ1) is 11.1. The van der Waals surface area contributed by atoms with Crippen LogP contribution in [0.3, 0.4) is 0 Å². The minimum Gasteiger partial charge on any atom is -0.367 e. The number of hydrogen-bond acceptors (Lipinski definition) is 6. The normalized spacial score (nSPS) is 18.6. The van der Waals surface area contributed by atoms with Crippen LogP contribution in [0.4, 0.5) is 11.8 Å². The number of aromatic nitrogens is 2. The second-order valence-corrected chi connectivity index (χ2v) is 3.33. The van der Waals surface area contributed by atoms with Crippen LogP contribution in [0.25, 0.3) is 0 Å². The van der Waals surface area contributed by atoms with Gasteiger partial charge in [-0.1, -0.05) is 0 Å². The molecule has 0 radical (unpaired) electrons. The molecule has 1 aromatic heterocycles. The number of anilines is 1. The summed E-state index contributed by atoms with van der Waals surface area (Å²) in [5, 5.41) is 11.8. The van der Waals surface area contributed by atoms with Crippen LogP contribution in [0, 0.1) is 10.1 Å². The topological polar surface area (TPSA) is 117 Å². The molecule has 9 heteroatoms. The van der Waals surface area contributed by atoms with Crippen molar-refractivity contribution in [1.82, 2.24) is 9.55 Å². The fraction of sp³-hybridized carbons (Fsp3) is 0.250. The SMILES string of the molecule is Cn1c([N+](=O)[O-])cnc1N1C=CC(C(N)=O)O1. The Bertz CT molecular complexity index is 508. The lowest BCUT2D eigenvalue weighted by Gasteiger charge is -2.12. The van der Waals surface area contributed by atoms with Gasteiger partial charge in [-0.2, -0.15) is 14.6 Å². The van der Waals surface area contributed by atoms with E-state index >= 15 is 0 Å². The van der Waals surface area contributed by atoms with Gasteiger partial charge in [0.05, 0.1) is 7.05 Å². The zero-order valence-corrected chi connectivity index (χ0v) is 8.81. The van der Waals surface area contributed by atoms with Gasteiger partial charge in [0.25, 0.3) is 5.91 Å². The Labute approximate surface area is 95.2 Å². The summed E-state index contributed by atoms with van der Waals surface area (Å²) < 4.78 is 1.23. The Balaban J connectivity index is 2.23. The maximum atomic E-state index is 10.9. The summed E-state index contributed by atoms with van der Waals surface area (Å²) in [6.07, 6.45) is 3.08. The lowest BCUT2D eigenvalue weighted by Crippen LogP contribution is -2.31. The maximum absolute atomic E-state index is 10.9. The molecule has 1 amide bonds. The molecule has 2 rings (SSSR count). The standard InChI is InChI=1S/C8H9N5O4/c1-11-6(13(15)16)4-10-8(11)12-3-2-5(17-12)7(9)14/h2-5H,1H3,(H2,9,14). The van der Waals surface area contributed by atoms with Crippen LogP contribution in [-0.4, -0.2) is 26.5 Å². The average molecular weight is 239 g/mol. The minimum absolute atomic E-state index is 0.181. The van der Waals surface area contributed by atoms with Crippen molar-refractivity contribution in [3.63, 3.8) is 0 Å². The lowest BCUT2D eigenvalue weighted by molar-refractivity contribution is -0.391. The first-order chi connectivity index (χ1) is 8.00. The molecule has 0 aliphatic carbocycles. The van der Waals surface area contributed by atoms with Gasteiger partial charge in [0.15, 0.2) is 6.10 Å². The van der Waals surface area contributed by atoms with E-state index in [4.69, 9.17) is 10.6 Å². The quantitative estimate of drug-likeness (QED) is 0.558. The van der Waals surface area contributed by atoms with Crippen molar-refractivity contribution in [2.24, 2.45) is 12.8 Å². The number of imidazole rings is 1. The molecule has 90 valence electrons. The maximum Gasteiger partial charge on any atom is 0.344 e. The van der Waals surface area contributed by atoms with Gasteiger partial charge in [-0.15, -0.1) is 0 Å². The van der Waals surface area contributed by atoms with Gasteiger partial charge in [-0.25, -0.2) is 4.84 Å². The third-order valence-corrected chi connectivity index (χ3v) is 2.23. The number of amides is 1. The molecule has 0 spiro atoms. The summed E-state index contributed by atoms with van der Waals surface area (Å²) >= 11 is 0. The van der Waals surface area contributed by atoms with E-state index in [0.717, 1.165) is 11.3 Å². The van der Waals surface area contributed by atoms with Gasteiger partial charge in [0.1, 0.15) is 6.20 Å². The molecular formula is C8H9N5O4. The van der Waals surface area contributed by atoms with Crippen LogP contribution in [0.15, 0.2) is 18.5 Å². The zero-order chi connectivity index (χ0) is 12.6. The van der Waals surface area contributed by atoms with Crippen LogP contribution in [-0.2, 0) is 16.7 Å². The van der Waals surface area contributed by atoms with E-state index in [-0.39, 0.29) is 11.8 Å². The average Bonchev–Trinajstić information content (AvgIpc) is 2.82. The van der Waals surface area contributed by atoms with Crippen LogP contribution < -0.4 is 10.8 Å². The number of nitro groups is 1. The number of carbonyl (C=O) groups is 1. The van der Waals surface area contributed by atoms with E-state index < -0.39 is 16.9 Å². The molecule has 1 aromatic rings. The highest BCUT2D eigenvalue weighted by molar-refractivity contribution is 5.81. The van der Waals surface area contributed by atoms with E-state index in [1.807, 2.05) is 0 Å². The smallest absolute Gasteiger partial charge is 0.344 e. The van der Waals surface area contributed by atoms with Crippen molar-refractivity contribution in [1.29, 1.82) is 0 Å². The van der Waals surface area contributed by atoms with E-state index in [0.29, 0.717) is 0 Å². The number of nitrogens with two attached hydrogens (primary N) is 1. The van der Waals surface area contributed by atoms with Crippen LogP contribution in [0.1, 0.15) is 0 Å². The number of carbonyl (C=O) groups excluding carboxylic acids is 1. The molecular weight excluding hydrogens is 230 g/mol. The van der Waals surface area contributed by atoms with E-state index in [1.165, 1.54) is 23.9 Å². The highest BCUT2D eigenvalue weighted by Crippen LogP contribution is 2.23. The first-order valence-corrected chi connectivity index (χ1v) is 4.60. The molecule has 1 unspecified atom stereocenters. The molecule has 9 nitrogen and oxygen atoms in total. The number of hydroxylamine groups is 1.